The Labute approximate surface area is 201 Å². The second kappa shape index (κ2) is 12.3. The lowest BCUT2D eigenvalue weighted by Crippen LogP contribution is -2.42. The molecule has 2 aromatic rings. The maximum absolute atomic E-state index is 13.3. The number of benzene rings is 1. The largest absolute Gasteiger partial charge is 0.453 e. The number of hydrogen-bond acceptors (Lipinski definition) is 7. The molecule has 9 heteroatoms. The van der Waals surface area contributed by atoms with Crippen LogP contribution in [0.2, 0.25) is 0 Å². The SMILES string of the molecule is COCCN(C)C(=O)[C@H]1CCCCC[C@H](N)c2cc(ccn2)-c2ccc(NC(=O)OC)cc2N1. The van der Waals surface area contributed by atoms with Crippen LogP contribution in [0.25, 0.3) is 11.1 Å². The van der Waals surface area contributed by atoms with Gasteiger partial charge in [0.15, 0.2) is 0 Å². The molecule has 3 rings (SSSR count). The van der Waals surface area contributed by atoms with E-state index in [1.165, 1.54) is 7.11 Å². The lowest BCUT2D eigenvalue weighted by Gasteiger charge is -2.26. The van der Waals surface area contributed by atoms with Crippen molar-refractivity contribution in [1.82, 2.24) is 9.88 Å². The summed E-state index contributed by atoms with van der Waals surface area (Å²) in [6, 6.07) is 8.88. The first-order chi connectivity index (χ1) is 16.4. The molecule has 184 valence electrons. The van der Waals surface area contributed by atoms with Gasteiger partial charge in [0.25, 0.3) is 0 Å². The number of ether oxygens (including phenoxy) is 2. The van der Waals surface area contributed by atoms with Gasteiger partial charge in [0.1, 0.15) is 6.04 Å². The van der Waals surface area contributed by atoms with Crippen molar-refractivity contribution in [3.8, 4) is 11.1 Å². The second-order valence-corrected chi connectivity index (χ2v) is 8.54. The van der Waals surface area contributed by atoms with Crippen molar-refractivity contribution in [2.24, 2.45) is 5.73 Å². The summed E-state index contributed by atoms with van der Waals surface area (Å²) in [4.78, 5) is 31.3. The molecule has 2 atom stereocenters. The van der Waals surface area contributed by atoms with Gasteiger partial charge < -0.3 is 25.4 Å². The van der Waals surface area contributed by atoms with Gasteiger partial charge >= 0.3 is 6.09 Å². The maximum atomic E-state index is 13.3. The third kappa shape index (κ3) is 6.68. The molecular weight excluding hydrogens is 434 g/mol. The molecule has 0 saturated heterocycles. The fourth-order valence-electron chi connectivity index (χ4n) is 4.07. The van der Waals surface area contributed by atoms with Crippen molar-refractivity contribution in [2.45, 2.75) is 44.2 Å². The first-order valence-corrected chi connectivity index (χ1v) is 11.6. The standard InChI is InChI=1S/C25H35N5O4/c1-30(13-14-33-2)24(31)21-8-6-4-5-7-20(26)23-15-17(11-12-27-23)19-10-9-18(16-22(19)29-21)28-25(32)34-3/h9-12,15-16,20-21,29H,4-8,13-14,26H2,1-3H3,(H,28,32)/t20-,21+/m0/s1. The molecule has 1 aliphatic heterocycles. The number of amides is 2. The molecule has 0 fully saturated rings. The summed E-state index contributed by atoms with van der Waals surface area (Å²) in [6.07, 6.45) is 5.53. The van der Waals surface area contributed by atoms with Crippen molar-refractivity contribution in [2.75, 3.05) is 45.1 Å². The van der Waals surface area contributed by atoms with Crippen LogP contribution in [0.3, 0.4) is 0 Å². The summed E-state index contributed by atoms with van der Waals surface area (Å²) in [7, 11) is 4.72. The summed E-state index contributed by atoms with van der Waals surface area (Å²) in [5.74, 6) is -0.00341. The Morgan fingerprint density at radius 3 is 2.74 bits per heavy atom. The van der Waals surface area contributed by atoms with E-state index in [1.54, 1.807) is 31.3 Å². The molecule has 1 aliphatic rings. The quantitative estimate of drug-likeness (QED) is 0.610. The third-order valence-electron chi connectivity index (χ3n) is 6.07. The Hall–Kier alpha value is -3.17. The molecule has 1 aromatic carbocycles. The summed E-state index contributed by atoms with van der Waals surface area (Å²) in [5.41, 5.74) is 10.4. The van der Waals surface area contributed by atoms with E-state index in [0.29, 0.717) is 25.3 Å². The number of pyridine rings is 1. The normalized spacial score (nSPS) is 18.2. The summed E-state index contributed by atoms with van der Waals surface area (Å²) in [5, 5.41) is 6.17. The van der Waals surface area contributed by atoms with E-state index in [1.807, 2.05) is 24.3 Å². The number of rotatable bonds is 5. The molecule has 0 radical (unpaired) electrons. The molecule has 0 aliphatic carbocycles. The number of nitrogens with zero attached hydrogens (tertiary/aromatic N) is 2. The Bertz CT molecular complexity index is 984. The predicted octanol–water partition coefficient (Wildman–Crippen LogP) is 3.78. The van der Waals surface area contributed by atoms with Gasteiger partial charge in [-0.05, 0) is 42.7 Å². The van der Waals surface area contributed by atoms with Crippen LogP contribution in [0, 0.1) is 0 Å². The molecular formula is C25H35N5O4. The highest BCUT2D eigenvalue weighted by Crippen LogP contribution is 2.33. The van der Waals surface area contributed by atoms with Crippen LogP contribution < -0.4 is 16.4 Å². The molecule has 0 saturated carbocycles. The maximum Gasteiger partial charge on any atom is 0.411 e. The van der Waals surface area contributed by atoms with Gasteiger partial charge in [-0.15, -0.1) is 0 Å². The number of anilines is 2. The van der Waals surface area contributed by atoms with Gasteiger partial charge in [0.05, 0.1) is 19.4 Å². The number of fused-ring (bicyclic) bond motifs is 4. The molecule has 2 heterocycles. The zero-order chi connectivity index (χ0) is 24.5. The zero-order valence-corrected chi connectivity index (χ0v) is 20.2. The number of carbonyl (C=O) groups excluding carboxylic acids is 2. The first-order valence-electron chi connectivity index (χ1n) is 11.6. The summed E-state index contributed by atoms with van der Waals surface area (Å²) in [6.45, 7) is 0.975. The molecule has 0 spiro atoms. The number of likely N-dealkylation sites (N-methyl/N-ethyl adjacent to an activating group) is 1. The molecule has 34 heavy (non-hydrogen) atoms. The average Bonchev–Trinajstić information content (AvgIpc) is 2.86. The van der Waals surface area contributed by atoms with E-state index in [2.05, 4.69) is 15.6 Å². The van der Waals surface area contributed by atoms with Crippen LogP contribution in [0.1, 0.15) is 43.8 Å². The fraction of sp³-hybridized carbons (Fsp3) is 0.480. The Morgan fingerprint density at radius 2 is 1.97 bits per heavy atom. The highest BCUT2D eigenvalue weighted by atomic mass is 16.5. The van der Waals surface area contributed by atoms with Crippen LogP contribution in [-0.4, -0.2) is 62.3 Å². The number of nitrogens with two attached hydrogens (primary N) is 1. The van der Waals surface area contributed by atoms with Gasteiger partial charge in [-0.2, -0.15) is 0 Å². The van der Waals surface area contributed by atoms with E-state index in [0.717, 1.165) is 48.2 Å². The van der Waals surface area contributed by atoms with Crippen molar-refractivity contribution >= 4 is 23.4 Å². The molecule has 2 bridgehead atoms. The van der Waals surface area contributed by atoms with Gasteiger partial charge in [-0.25, -0.2) is 4.79 Å². The van der Waals surface area contributed by atoms with E-state index < -0.39 is 12.1 Å². The molecule has 2 amide bonds. The van der Waals surface area contributed by atoms with Crippen LogP contribution in [-0.2, 0) is 14.3 Å². The number of aromatic nitrogens is 1. The van der Waals surface area contributed by atoms with Crippen LogP contribution in [0.5, 0.6) is 0 Å². The second-order valence-electron chi connectivity index (χ2n) is 8.54. The number of nitrogens with one attached hydrogen (secondary N) is 2. The Morgan fingerprint density at radius 1 is 1.18 bits per heavy atom. The number of methoxy groups -OCH3 is 2. The fourth-order valence-corrected chi connectivity index (χ4v) is 4.07. The van der Waals surface area contributed by atoms with Gasteiger partial charge in [-0.1, -0.05) is 25.3 Å². The van der Waals surface area contributed by atoms with Crippen LogP contribution in [0.15, 0.2) is 36.5 Å². The molecule has 9 nitrogen and oxygen atoms in total. The highest BCUT2D eigenvalue weighted by Gasteiger charge is 2.24. The van der Waals surface area contributed by atoms with E-state index in [9.17, 15) is 9.59 Å². The van der Waals surface area contributed by atoms with Crippen molar-refractivity contribution in [3.05, 3.63) is 42.2 Å². The molecule has 1 aromatic heterocycles. The first kappa shape index (κ1) is 25.5. The van der Waals surface area contributed by atoms with Crippen molar-refractivity contribution in [3.63, 3.8) is 0 Å². The summed E-state index contributed by atoms with van der Waals surface area (Å²) < 4.78 is 9.88. The molecule has 0 unspecified atom stereocenters. The van der Waals surface area contributed by atoms with E-state index in [4.69, 9.17) is 15.2 Å². The Kier molecular flexibility index (Phi) is 9.24. The predicted molar refractivity (Wildman–Crippen MR) is 133 cm³/mol. The Balaban J connectivity index is 2.02. The third-order valence-corrected chi connectivity index (χ3v) is 6.07. The topological polar surface area (TPSA) is 119 Å². The molecule has 4 N–H and O–H groups in total. The summed E-state index contributed by atoms with van der Waals surface area (Å²) >= 11 is 0. The highest BCUT2D eigenvalue weighted by molar-refractivity contribution is 5.91. The van der Waals surface area contributed by atoms with E-state index >= 15 is 0 Å². The minimum atomic E-state index is -0.561. The van der Waals surface area contributed by atoms with E-state index in [-0.39, 0.29) is 11.9 Å². The minimum Gasteiger partial charge on any atom is -0.453 e. The number of carbonyl (C=O) groups is 2. The number of hydrogen-bond donors (Lipinski definition) is 3. The zero-order valence-electron chi connectivity index (χ0n) is 20.2. The minimum absolute atomic E-state index is 0.00341. The lowest BCUT2D eigenvalue weighted by molar-refractivity contribution is -0.131. The van der Waals surface area contributed by atoms with Gasteiger partial charge in [-0.3, -0.25) is 15.1 Å². The smallest absolute Gasteiger partial charge is 0.411 e. The van der Waals surface area contributed by atoms with Crippen molar-refractivity contribution < 1.29 is 19.1 Å². The monoisotopic (exact) mass is 469 g/mol. The van der Waals surface area contributed by atoms with Crippen LogP contribution in [0.4, 0.5) is 16.2 Å². The van der Waals surface area contributed by atoms with Crippen molar-refractivity contribution in [1.29, 1.82) is 0 Å². The lowest BCUT2D eigenvalue weighted by atomic mass is 10.00. The van der Waals surface area contributed by atoms with Crippen LogP contribution >= 0.6 is 0 Å². The van der Waals surface area contributed by atoms with Gasteiger partial charge in [0.2, 0.25) is 5.91 Å². The van der Waals surface area contributed by atoms with Gasteiger partial charge in [0, 0.05) is 49.9 Å². The average molecular weight is 470 g/mol.